The average Bonchev–Trinajstić information content (AvgIpc) is 2.39. The molecule has 2 rings (SSSR count). The predicted octanol–water partition coefficient (Wildman–Crippen LogP) is 3.62. The molecule has 1 aromatic carbocycles. The molecule has 0 aliphatic carbocycles. The topological polar surface area (TPSA) is 33.6 Å². The van der Waals surface area contributed by atoms with Crippen LogP contribution in [0.25, 0.3) is 0 Å². The van der Waals surface area contributed by atoms with Gasteiger partial charge in [-0.25, -0.2) is 0 Å². The van der Waals surface area contributed by atoms with Crippen molar-refractivity contribution in [3.8, 4) is 5.75 Å². The number of nitrogens with one attached hydrogen (secondary N) is 1. The molecule has 1 heterocycles. The van der Waals surface area contributed by atoms with Crippen molar-refractivity contribution in [2.45, 2.75) is 26.3 Å². The molecule has 1 atom stereocenters. The molecule has 0 fully saturated rings. The van der Waals surface area contributed by atoms with Crippen LogP contribution in [0.15, 0.2) is 29.3 Å². The first-order valence-corrected chi connectivity index (χ1v) is 7.29. The highest BCUT2D eigenvalue weighted by Gasteiger charge is 2.18. The molecule has 18 heavy (non-hydrogen) atoms. The minimum Gasteiger partial charge on any atom is -0.497 e. The molecule has 0 amide bonds. The van der Waals surface area contributed by atoms with Crippen molar-refractivity contribution in [1.82, 2.24) is 0 Å². The molecular weight excluding hydrogens is 244 g/mol. The lowest BCUT2D eigenvalue weighted by Crippen LogP contribution is -2.23. The zero-order valence-corrected chi connectivity index (χ0v) is 12.0. The van der Waals surface area contributed by atoms with Crippen LogP contribution in [0.2, 0.25) is 0 Å². The van der Waals surface area contributed by atoms with E-state index in [4.69, 9.17) is 9.73 Å². The second-order valence-corrected chi connectivity index (χ2v) is 5.82. The van der Waals surface area contributed by atoms with Crippen LogP contribution in [0.3, 0.4) is 0 Å². The van der Waals surface area contributed by atoms with Crippen molar-refractivity contribution in [2.75, 3.05) is 18.2 Å². The van der Waals surface area contributed by atoms with E-state index in [0.29, 0.717) is 12.0 Å². The zero-order valence-electron chi connectivity index (χ0n) is 11.1. The monoisotopic (exact) mass is 264 g/mol. The number of anilines is 1. The largest absolute Gasteiger partial charge is 0.497 e. The number of hydrogen-bond donors (Lipinski definition) is 1. The van der Waals surface area contributed by atoms with Crippen molar-refractivity contribution < 1.29 is 4.74 Å². The fourth-order valence-electron chi connectivity index (χ4n) is 1.90. The summed E-state index contributed by atoms with van der Waals surface area (Å²) in [6.45, 7) is 4.46. The van der Waals surface area contributed by atoms with E-state index in [9.17, 15) is 0 Å². The first-order chi connectivity index (χ1) is 8.69. The summed E-state index contributed by atoms with van der Waals surface area (Å²) in [5.74, 6) is 2.60. The number of benzene rings is 1. The molecule has 0 spiro atoms. The van der Waals surface area contributed by atoms with Crippen LogP contribution in [0.5, 0.6) is 5.75 Å². The van der Waals surface area contributed by atoms with E-state index in [1.54, 1.807) is 18.9 Å². The third-order valence-electron chi connectivity index (χ3n) is 3.03. The molecule has 1 aliphatic rings. The van der Waals surface area contributed by atoms with Crippen molar-refractivity contribution >= 4 is 22.6 Å². The first kappa shape index (κ1) is 13.3. The van der Waals surface area contributed by atoms with Crippen molar-refractivity contribution in [1.29, 1.82) is 0 Å². The van der Waals surface area contributed by atoms with Crippen LogP contribution in [0.1, 0.15) is 20.3 Å². The molecule has 0 bridgehead atoms. The van der Waals surface area contributed by atoms with Crippen LogP contribution >= 0.6 is 11.8 Å². The smallest absolute Gasteiger partial charge is 0.161 e. The van der Waals surface area contributed by atoms with Gasteiger partial charge in [-0.1, -0.05) is 31.7 Å². The van der Waals surface area contributed by atoms with Gasteiger partial charge in [0.05, 0.1) is 13.2 Å². The second-order valence-electron chi connectivity index (χ2n) is 4.74. The molecule has 1 N–H and O–H groups in total. The van der Waals surface area contributed by atoms with Crippen LogP contribution < -0.4 is 10.1 Å². The summed E-state index contributed by atoms with van der Waals surface area (Å²) in [5.41, 5.74) is 1.03. The highest BCUT2D eigenvalue weighted by Crippen LogP contribution is 2.24. The Kier molecular flexibility index (Phi) is 4.53. The van der Waals surface area contributed by atoms with Gasteiger partial charge in [-0.2, -0.15) is 0 Å². The molecule has 1 aliphatic heterocycles. The second kappa shape index (κ2) is 6.14. The van der Waals surface area contributed by atoms with E-state index >= 15 is 0 Å². The van der Waals surface area contributed by atoms with E-state index < -0.39 is 0 Å². The van der Waals surface area contributed by atoms with E-state index in [1.807, 2.05) is 24.3 Å². The number of methoxy groups -OCH3 is 1. The van der Waals surface area contributed by atoms with Crippen molar-refractivity contribution in [3.05, 3.63) is 24.3 Å². The maximum Gasteiger partial charge on any atom is 0.161 e. The molecular formula is C14H20N2OS. The Bertz CT molecular complexity index is 432. The van der Waals surface area contributed by atoms with Crippen LogP contribution in [0.4, 0.5) is 5.69 Å². The number of aliphatic imine (C=N–C) groups is 1. The summed E-state index contributed by atoms with van der Waals surface area (Å²) in [7, 11) is 1.68. The SMILES string of the molecule is COc1cccc(NC2=NC(C(C)C)CCS2)c1. The highest BCUT2D eigenvalue weighted by atomic mass is 32.2. The summed E-state index contributed by atoms with van der Waals surface area (Å²) in [6.07, 6.45) is 1.17. The molecule has 1 unspecified atom stereocenters. The van der Waals surface area contributed by atoms with Crippen molar-refractivity contribution in [2.24, 2.45) is 10.9 Å². The maximum atomic E-state index is 5.22. The first-order valence-electron chi connectivity index (χ1n) is 6.30. The van der Waals surface area contributed by atoms with Gasteiger partial charge in [0, 0.05) is 17.5 Å². The van der Waals surface area contributed by atoms with Gasteiger partial charge in [-0.05, 0) is 24.5 Å². The summed E-state index contributed by atoms with van der Waals surface area (Å²) in [6, 6.07) is 8.39. The van der Waals surface area contributed by atoms with Gasteiger partial charge >= 0.3 is 0 Å². The molecule has 3 nitrogen and oxygen atoms in total. The van der Waals surface area contributed by atoms with E-state index in [2.05, 4.69) is 19.2 Å². The summed E-state index contributed by atoms with van der Waals surface area (Å²) < 4.78 is 5.22. The normalized spacial score (nSPS) is 19.6. The molecule has 0 aromatic heterocycles. The molecule has 0 saturated carbocycles. The number of nitrogens with zero attached hydrogens (tertiary/aromatic N) is 1. The number of amidine groups is 1. The van der Waals surface area contributed by atoms with E-state index in [0.717, 1.165) is 22.4 Å². The van der Waals surface area contributed by atoms with Crippen LogP contribution in [-0.4, -0.2) is 24.1 Å². The van der Waals surface area contributed by atoms with Gasteiger partial charge in [0.15, 0.2) is 5.17 Å². The van der Waals surface area contributed by atoms with Gasteiger partial charge in [0.2, 0.25) is 0 Å². The highest BCUT2D eigenvalue weighted by molar-refractivity contribution is 8.14. The number of hydrogen-bond acceptors (Lipinski definition) is 4. The lowest BCUT2D eigenvalue weighted by atomic mass is 10.0. The Balaban J connectivity index is 2.08. The van der Waals surface area contributed by atoms with Gasteiger partial charge < -0.3 is 10.1 Å². The minimum atomic E-state index is 0.444. The Hall–Kier alpha value is -1.16. The maximum absolute atomic E-state index is 5.22. The summed E-state index contributed by atoms with van der Waals surface area (Å²) in [5, 5.41) is 4.39. The number of thioether (sulfide) groups is 1. The number of rotatable bonds is 3. The van der Waals surface area contributed by atoms with Gasteiger partial charge in [0.1, 0.15) is 5.75 Å². The third kappa shape index (κ3) is 3.42. The Morgan fingerprint density at radius 1 is 1.44 bits per heavy atom. The quantitative estimate of drug-likeness (QED) is 0.905. The molecule has 0 saturated heterocycles. The molecule has 0 radical (unpaired) electrons. The van der Waals surface area contributed by atoms with Crippen LogP contribution in [0, 0.1) is 5.92 Å². The molecule has 98 valence electrons. The number of ether oxygens (including phenoxy) is 1. The minimum absolute atomic E-state index is 0.444. The van der Waals surface area contributed by atoms with Crippen LogP contribution in [-0.2, 0) is 0 Å². The molecule has 4 heteroatoms. The van der Waals surface area contributed by atoms with Gasteiger partial charge in [-0.15, -0.1) is 0 Å². The summed E-state index contributed by atoms with van der Waals surface area (Å²) >= 11 is 1.79. The third-order valence-corrected chi connectivity index (χ3v) is 3.95. The lowest BCUT2D eigenvalue weighted by Gasteiger charge is -2.23. The Labute approximate surface area is 113 Å². The zero-order chi connectivity index (χ0) is 13.0. The Morgan fingerprint density at radius 3 is 3.00 bits per heavy atom. The fraction of sp³-hybridized carbons (Fsp3) is 0.500. The fourth-order valence-corrected chi connectivity index (χ4v) is 2.86. The average molecular weight is 264 g/mol. The van der Waals surface area contributed by atoms with E-state index in [1.165, 1.54) is 6.42 Å². The van der Waals surface area contributed by atoms with Gasteiger partial charge in [0.25, 0.3) is 0 Å². The Morgan fingerprint density at radius 2 is 2.28 bits per heavy atom. The standard InChI is InChI=1S/C14H20N2OS/c1-10(2)13-7-8-18-14(16-13)15-11-5-4-6-12(9-11)17-3/h4-6,9-10,13H,7-8H2,1-3H3,(H,15,16). The molecule has 1 aromatic rings. The predicted molar refractivity (Wildman–Crippen MR) is 79.8 cm³/mol. The van der Waals surface area contributed by atoms with Gasteiger partial charge in [-0.3, -0.25) is 4.99 Å². The summed E-state index contributed by atoms with van der Waals surface area (Å²) in [4.78, 5) is 4.76. The lowest BCUT2D eigenvalue weighted by molar-refractivity contribution is 0.415. The van der Waals surface area contributed by atoms with Crippen molar-refractivity contribution in [3.63, 3.8) is 0 Å². The van der Waals surface area contributed by atoms with E-state index in [-0.39, 0.29) is 0 Å².